The highest BCUT2D eigenvalue weighted by atomic mass is 16.5. The van der Waals surface area contributed by atoms with E-state index in [9.17, 15) is 9.59 Å². The van der Waals surface area contributed by atoms with E-state index in [0.29, 0.717) is 37.5 Å². The van der Waals surface area contributed by atoms with Crippen molar-refractivity contribution >= 4 is 11.8 Å². The maximum absolute atomic E-state index is 12.0. The molecule has 0 aliphatic heterocycles. The fourth-order valence-corrected chi connectivity index (χ4v) is 1.92. The third-order valence-electron chi connectivity index (χ3n) is 3.33. The Labute approximate surface area is 123 Å². The summed E-state index contributed by atoms with van der Waals surface area (Å²) in [7, 11) is 0. The number of hydrogen-bond acceptors (Lipinski definition) is 5. The van der Waals surface area contributed by atoms with Crippen LogP contribution in [-0.4, -0.2) is 36.1 Å². The lowest BCUT2D eigenvalue weighted by Gasteiger charge is -2.13. The van der Waals surface area contributed by atoms with Crippen molar-refractivity contribution in [1.82, 2.24) is 15.8 Å². The summed E-state index contributed by atoms with van der Waals surface area (Å²) in [6.45, 7) is 2.70. The highest BCUT2D eigenvalue weighted by molar-refractivity contribution is 5.92. The van der Waals surface area contributed by atoms with Gasteiger partial charge in [-0.05, 0) is 32.7 Å². The summed E-state index contributed by atoms with van der Waals surface area (Å²) < 4.78 is 5.14. The molecule has 1 unspecified atom stereocenters. The van der Waals surface area contributed by atoms with Gasteiger partial charge < -0.3 is 20.9 Å². The second-order valence-electron chi connectivity index (χ2n) is 5.46. The minimum atomic E-state index is -0.283. The van der Waals surface area contributed by atoms with Gasteiger partial charge in [0.25, 0.3) is 5.91 Å². The highest BCUT2D eigenvalue weighted by Crippen LogP contribution is 2.40. The number of nitrogens with zero attached hydrogens (tertiary/aromatic N) is 1. The van der Waals surface area contributed by atoms with Gasteiger partial charge in [-0.2, -0.15) is 0 Å². The Morgan fingerprint density at radius 2 is 2.29 bits per heavy atom. The van der Waals surface area contributed by atoms with Crippen LogP contribution in [0.3, 0.4) is 0 Å². The van der Waals surface area contributed by atoms with Gasteiger partial charge in [0.1, 0.15) is 5.76 Å². The van der Waals surface area contributed by atoms with Crippen LogP contribution in [0.25, 0.3) is 0 Å². The highest BCUT2D eigenvalue weighted by Gasteiger charge is 2.29. The molecule has 1 atom stereocenters. The van der Waals surface area contributed by atoms with Crippen molar-refractivity contribution in [2.45, 2.75) is 44.6 Å². The molecule has 1 saturated carbocycles. The number of hydrogen-bond donors (Lipinski definition) is 3. The molecule has 7 nitrogen and oxygen atoms in total. The minimum absolute atomic E-state index is 0.0565. The predicted molar refractivity (Wildman–Crippen MR) is 76.7 cm³/mol. The molecule has 2 rings (SSSR count). The Bertz CT molecular complexity index is 496. The van der Waals surface area contributed by atoms with Gasteiger partial charge in [-0.15, -0.1) is 0 Å². The van der Waals surface area contributed by atoms with E-state index in [-0.39, 0.29) is 17.9 Å². The quantitative estimate of drug-likeness (QED) is 0.647. The van der Waals surface area contributed by atoms with E-state index in [1.165, 1.54) is 0 Å². The first kappa shape index (κ1) is 15.5. The molecule has 21 heavy (non-hydrogen) atoms. The lowest BCUT2D eigenvalue weighted by Crippen LogP contribution is -2.41. The van der Waals surface area contributed by atoms with Crippen LogP contribution >= 0.6 is 0 Å². The zero-order chi connectivity index (χ0) is 15.2. The van der Waals surface area contributed by atoms with E-state index in [0.717, 1.165) is 18.6 Å². The number of nitrogens with one attached hydrogen (secondary N) is 2. The molecule has 1 aliphatic rings. The fraction of sp³-hybridized carbons (Fsp3) is 0.643. The minimum Gasteiger partial charge on any atom is -0.360 e. The number of carbonyl (C=O) groups is 2. The van der Waals surface area contributed by atoms with Crippen LogP contribution in [0.2, 0.25) is 0 Å². The number of rotatable bonds is 8. The molecule has 1 aliphatic carbocycles. The van der Waals surface area contributed by atoms with Gasteiger partial charge >= 0.3 is 0 Å². The van der Waals surface area contributed by atoms with Crippen molar-refractivity contribution in [2.24, 2.45) is 5.73 Å². The molecule has 1 aromatic heterocycles. The summed E-state index contributed by atoms with van der Waals surface area (Å²) in [5.41, 5.74) is 5.63. The van der Waals surface area contributed by atoms with Gasteiger partial charge in [-0.25, -0.2) is 0 Å². The largest absolute Gasteiger partial charge is 0.360 e. The number of aromatic nitrogens is 1. The Balaban J connectivity index is 1.72. The molecule has 1 heterocycles. The Kier molecular flexibility index (Phi) is 5.32. The van der Waals surface area contributed by atoms with Crippen molar-refractivity contribution in [3.05, 3.63) is 17.5 Å². The number of nitrogens with two attached hydrogens (primary N) is 1. The monoisotopic (exact) mass is 294 g/mol. The molecular weight excluding hydrogens is 272 g/mol. The fourth-order valence-electron chi connectivity index (χ4n) is 1.92. The van der Waals surface area contributed by atoms with Crippen LogP contribution in [-0.2, 0) is 4.79 Å². The van der Waals surface area contributed by atoms with Crippen molar-refractivity contribution < 1.29 is 14.1 Å². The maximum Gasteiger partial charge on any atom is 0.273 e. The first-order chi connectivity index (χ1) is 10.1. The van der Waals surface area contributed by atoms with E-state index in [2.05, 4.69) is 15.8 Å². The van der Waals surface area contributed by atoms with Crippen molar-refractivity contribution in [3.8, 4) is 0 Å². The van der Waals surface area contributed by atoms with Crippen molar-refractivity contribution in [2.75, 3.05) is 13.1 Å². The van der Waals surface area contributed by atoms with E-state index >= 15 is 0 Å². The summed E-state index contributed by atoms with van der Waals surface area (Å²) >= 11 is 0. The number of carbonyl (C=O) groups excluding carboxylic acids is 2. The van der Waals surface area contributed by atoms with E-state index in [4.69, 9.17) is 10.3 Å². The molecule has 1 fully saturated rings. The topological polar surface area (TPSA) is 110 Å². The zero-order valence-corrected chi connectivity index (χ0v) is 12.2. The Hall–Kier alpha value is -1.89. The summed E-state index contributed by atoms with van der Waals surface area (Å²) in [5, 5.41) is 9.31. The first-order valence-electron chi connectivity index (χ1n) is 7.34. The lowest BCUT2D eigenvalue weighted by atomic mass is 10.2. The van der Waals surface area contributed by atoms with Crippen molar-refractivity contribution in [3.63, 3.8) is 0 Å². The van der Waals surface area contributed by atoms with Gasteiger partial charge in [-0.1, -0.05) is 5.16 Å². The molecule has 0 bridgehead atoms. The summed E-state index contributed by atoms with van der Waals surface area (Å²) in [5.74, 6) is 0.870. The summed E-state index contributed by atoms with van der Waals surface area (Å²) in [4.78, 5) is 23.4. The van der Waals surface area contributed by atoms with E-state index in [1.807, 2.05) is 6.92 Å². The van der Waals surface area contributed by atoms with Gasteiger partial charge in [0.15, 0.2) is 5.69 Å². The smallest absolute Gasteiger partial charge is 0.273 e. The van der Waals surface area contributed by atoms with E-state index in [1.54, 1.807) is 6.07 Å². The Morgan fingerprint density at radius 3 is 2.95 bits per heavy atom. The molecule has 4 N–H and O–H groups in total. The predicted octanol–water partition coefficient (Wildman–Crippen LogP) is 0.525. The van der Waals surface area contributed by atoms with Crippen LogP contribution in [0, 0.1) is 0 Å². The average Bonchev–Trinajstić information content (AvgIpc) is 3.20. The van der Waals surface area contributed by atoms with Crippen molar-refractivity contribution in [1.29, 1.82) is 0 Å². The summed E-state index contributed by atoms with van der Waals surface area (Å²) in [6.07, 6.45) is 3.27. The molecule has 0 saturated heterocycles. The van der Waals surface area contributed by atoms with Crippen LogP contribution in [0.15, 0.2) is 10.6 Å². The molecule has 1 aromatic rings. The molecule has 0 aromatic carbocycles. The van der Waals surface area contributed by atoms with Crippen LogP contribution in [0.4, 0.5) is 0 Å². The molecule has 116 valence electrons. The SMILES string of the molecule is CC(CNC(=O)CCCN)NC(=O)c1cc(C2CC2)on1. The lowest BCUT2D eigenvalue weighted by molar-refractivity contribution is -0.121. The second kappa shape index (κ2) is 7.21. The van der Waals surface area contributed by atoms with Crippen LogP contribution < -0.4 is 16.4 Å². The second-order valence-corrected chi connectivity index (χ2v) is 5.46. The third-order valence-corrected chi connectivity index (χ3v) is 3.33. The normalized spacial score (nSPS) is 15.5. The van der Waals surface area contributed by atoms with Crippen LogP contribution in [0.1, 0.15) is 54.8 Å². The van der Waals surface area contributed by atoms with Gasteiger partial charge in [-0.3, -0.25) is 9.59 Å². The van der Waals surface area contributed by atoms with Gasteiger partial charge in [0.05, 0.1) is 0 Å². The maximum atomic E-state index is 12.0. The standard InChI is InChI=1S/C14H22N4O3/c1-9(8-16-13(19)3-2-6-15)17-14(20)11-7-12(21-18-11)10-4-5-10/h7,9-10H,2-6,8,15H2,1H3,(H,16,19)(H,17,20). The van der Waals surface area contributed by atoms with Gasteiger partial charge in [0, 0.05) is 31.0 Å². The van der Waals surface area contributed by atoms with Gasteiger partial charge in [0.2, 0.25) is 5.91 Å². The third kappa shape index (κ3) is 4.86. The molecule has 0 radical (unpaired) electrons. The molecular formula is C14H22N4O3. The molecule has 2 amide bonds. The molecule has 0 spiro atoms. The summed E-state index contributed by atoms with van der Waals surface area (Å²) in [6, 6.07) is 1.51. The first-order valence-corrected chi connectivity index (χ1v) is 7.34. The Morgan fingerprint density at radius 1 is 1.52 bits per heavy atom. The number of amides is 2. The van der Waals surface area contributed by atoms with Crippen LogP contribution in [0.5, 0.6) is 0 Å². The average molecular weight is 294 g/mol. The van der Waals surface area contributed by atoms with E-state index < -0.39 is 0 Å². The zero-order valence-electron chi connectivity index (χ0n) is 12.2. The molecule has 7 heteroatoms.